The monoisotopic (exact) mass is 342 g/mol. The second kappa shape index (κ2) is 7.39. The van der Waals surface area contributed by atoms with Gasteiger partial charge in [0, 0.05) is 22.0 Å². The van der Waals surface area contributed by atoms with Crippen molar-refractivity contribution in [3.63, 3.8) is 0 Å². The van der Waals surface area contributed by atoms with Crippen molar-refractivity contribution in [1.82, 2.24) is 4.90 Å². The summed E-state index contributed by atoms with van der Waals surface area (Å²) in [5.41, 5.74) is 3.19. The van der Waals surface area contributed by atoms with Gasteiger partial charge in [0.05, 0.1) is 6.04 Å². The summed E-state index contributed by atoms with van der Waals surface area (Å²) in [5, 5.41) is 3.15. The predicted octanol–water partition coefficient (Wildman–Crippen LogP) is 5.82. The molecule has 0 aliphatic carbocycles. The summed E-state index contributed by atoms with van der Waals surface area (Å²) >= 11 is 1.81. The molecule has 0 radical (unpaired) electrons. The molecule has 24 heavy (non-hydrogen) atoms. The molecule has 1 aliphatic rings. The Balaban J connectivity index is 1.83. The van der Waals surface area contributed by atoms with Crippen LogP contribution in [-0.4, -0.2) is 17.5 Å². The molecule has 128 valence electrons. The molecule has 3 rings (SSSR count). The van der Waals surface area contributed by atoms with Gasteiger partial charge in [-0.05, 0) is 62.9 Å². The van der Waals surface area contributed by atoms with Crippen LogP contribution in [0.1, 0.15) is 52.6 Å². The van der Waals surface area contributed by atoms with E-state index in [1.807, 2.05) is 23.2 Å². The van der Waals surface area contributed by atoms with E-state index < -0.39 is 0 Å². The third-order valence-electron chi connectivity index (χ3n) is 4.74. The van der Waals surface area contributed by atoms with Crippen LogP contribution in [0.3, 0.4) is 0 Å². The van der Waals surface area contributed by atoms with Crippen molar-refractivity contribution in [3.05, 3.63) is 51.2 Å². The summed E-state index contributed by atoms with van der Waals surface area (Å²) in [6.07, 6.45) is 4.53. The highest BCUT2D eigenvalue weighted by atomic mass is 32.1. The lowest BCUT2D eigenvalue weighted by Crippen LogP contribution is -2.37. The fourth-order valence-electron chi connectivity index (χ4n) is 3.34. The summed E-state index contributed by atoms with van der Waals surface area (Å²) in [6, 6.07) is 10.8. The van der Waals surface area contributed by atoms with E-state index >= 15 is 0 Å². The Labute approximate surface area is 148 Å². The van der Waals surface area contributed by atoms with Gasteiger partial charge in [0.2, 0.25) is 0 Å². The third-order valence-corrected chi connectivity index (χ3v) is 5.84. The predicted molar refractivity (Wildman–Crippen MR) is 102 cm³/mol. The topological polar surface area (TPSA) is 32.3 Å². The molecule has 0 bridgehead atoms. The van der Waals surface area contributed by atoms with E-state index in [2.05, 4.69) is 49.5 Å². The Morgan fingerprint density at radius 2 is 1.96 bits per heavy atom. The third kappa shape index (κ3) is 3.81. The van der Waals surface area contributed by atoms with Gasteiger partial charge in [0.15, 0.2) is 0 Å². The van der Waals surface area contributed by atoms with E-state index in [0.717, 1.165) is 36.2 Å². The lowest BCUT2D eigenvalue weighted by molar-refractivity contribution is 0.190. The van der Waals surface area contributed by atoms with Crippen molar-refractivity contribution in [2.24, 2.45) is 0 Å². The van der Waals surface area contributed by atoms with E-state index in [1.165, 1.54) is 22.6 Å². The number of rotatable bonds is 2. The molecule has 1 fully saturated rings. The van der Waals surface area contributed by atoms with E-state index in [0.29, 0.717) is 0 Å². The van der Waals surface area contributed by atoms with Crippen LogP contribution in [0, 0.1) is 20.8 Å². The number of aryl methyl sites for hydroxylation is 3. The van der Waals surface area contributed by atoms with Crippen LogP contribution in [0.25, 0.3) is 0 Å². The Hall–Kier alpha value is -1.81. The summed E-state index contributed by atoms with van der Waals surface area (Å²) < 4.78 is 0. The van der Waals surface area contributed by atoms with Crippen LogP contribution in [0.2, 0.25) is 0 Å². The quantitative estimate of drug-likeness (QED) is 0.732. The first-order valence-corrected chi connectivity index (χ1v) is 9.57. The average molecular weight is 343 g/mol. The van der Waals surface area contributed by atoms with Crippen molar-refractivity contribution in [2.45, 2.75) is 52.5 Å². The van der Waals surface area contributed by atoms with Crippen molar-refractivity contribution in [2.75, 3.05) is 11.9 Å². The van der Waals surface area contributed by atoms with E-state index in [1.54, 1.807) is 0 Å². The molecule has 2 amide bonds. The lowest BCUT2D eigenvalue weighted by atomic mass is 10.1. The second-order valence-corrected chi connectivity index (χ2v) is 8.07. The number of urea groups is 1. The normalized spacial score (nSPS) is 18.3. The molecule has 1 aromatic heterocycles. The smallest absolute Gasteiger partial charge is 0.317 e. The first-order chi connectivity index (χ1) is 11.5. The molecule has 1 aromatic carbocycles. The standard InChI is InChI=1S/C20H26N2OS/c1-14-8-9-15(2)17(13-14)21-20(23)22-12-6-4-5-7-18(22)19-11-10-16(3)24-19/h8-11,13,18H,4-7,12H2,1-3H3,(H,21,23)/t18-/m0/s1. The van der Waals surface area contributed by atoms with Crippen LogP contribution in [-0.2, 0) is 0 Å². The van der Waals surface area contributed by atoms with Crippen LogP contribution in [0.15, 0.2) is 30.3 Å². The molecular weight excluding hydrogens is 316 g/mol. The number of anilines is 1. The molecule has 2 aromatic rings. The lowest BCUT2D eigenvalue weighted by Gasteiger charge is -2.30. The molecule has 4 heteroatoms. The van der Waals surface area contributed by atoms with Gasteiger partial charge >= 0.3 is 6.03 Å². The number of hydrogen-bond acceptors (Lipinski definition) is 2. The van der Waals surface area contributed by atoms with Gasteiger partial charge in [-0.15, -0.1) is 11.3 Å². The summed E-state index contributed by atoms with van der Waals surface area (Å²) in [5.74, 6) is 0. The van der Waals surface area contributed by atoms with Crippen molar-refractivity contribution >= 4 is 23.1 Å². The van der Waals surface area contributed by atoms with Gasteiger partial charge in [-0.25, -0.2) is 4.79 Å². The zero-order chi connectivity index (χ0) is 17.1. The van der Waals surface area contributed by atoms with Crippen LogP contribution < -0.4 is 5.32 Å². The molecule has 0 spiro atoms. The average Bonchev–Trinajstić information content (AvgIpc) is 2.83. The number of benzene rings is 1. The zero-order valence-corrected chi connectivity index (χ0v) is 15.6. The van der Waals surface area contributed by atoms with Crippen molar-refractivity contribution in [3.8, 4) is 0 Å². The maximum absolute atomic E-state index is 13.0. The summed E-state index contributed by atoms with van der Waals surface area (Å²) in [6.45, 7) is 7.06. The summed E-state index contributed by atoms with van der Waals surface area (Å²) in [7, 11) is 0. The molecule has 1 aliphatic heterocycles. The van der Waals surface area contributed by atoms with E-state index in [9.17, 15) is 4.79 Å². The molecule has 1 atom stereocenters. The van der Waals surface area contributed by atoms with E-state index in [4.69, 9.17) is 0 Å². The second-order valence-electron chi connectivity index (χ2n) is 6.76. The van der Waals surface area contributed by atoms with Gasteiger partial charge in [-0.1, -0.05) is 25.0 Å². The molecule has 1 saturated heterocycles. The number of carbonyl (C=O) groups excluding carboxylic acids is 1. The largest absolute Gasteiger partial charge is 0.322 e. The molecule has 3 nitrogen and oxygen atoms in total. The van der Waals surface area contributed by atoms with Gasteiger partial charge in [0.1, 0.15) is 0 Å². The summed E-state index contributed by atoms with van der Waals surface area (Å²) in [4.78, 5) is 17.7. The van der Waals surface area contributed by atoms with Crippen LogP contribution in [0.4, 0.5) is 10.5 Å². The van der Waals surface area contributed by atoms with Gasteiger partial charge < -0.3 is 10.2 Å². The van der Waals surface area contributed by atoms with Crippen molar-refractivity contribution in [1.29, 1.82) is 0 Å². The number of hydrogen-bond donors (Lipinski definition) is 1. The van der Waals surface area contributed by atoms with Gasteiger partial charge in [-0.3, -0.25) is 0 Å². The molecule has 1 N–H and O–H groups in total. The Morgan fingerprint density at radius 3 is 2.71 bits per heavy atom. The minimum atomic E-state index is 0.0293. The SMILES string of the molecule is Cc1ccc(C)c(NC(=O)N2CCCCC[C@H]2c2ccc(C)s2)c1. The Kier molecular flexibility index (Phi) is 5.24. The minimum absolute atomic E-state index is 0.0293. The highest BCUT2D eigenvalue weighted by Gasteiger charge is 2.28. The fraction of sp³-hybridized carbons (Fsp3) is 0.450. The molecular formula is C20H26N2OS. The number of nitrogens with one attached hydrogen (secondary N) is 1. The van der Waals surface area contributed by atoms with Crippen molar-refractivity contribution < 1.29 is 4.79 Å². The first kappa shape index (κ1) is 17.0. The first-order valence-electron chi connectivity index (χ1n) is 8.76. The van der Waals surface area contributed by atoms with Crippen LogP contribution >= 0.6 is 11.3 Å². The molecule has 0 unspecified atom stereocenters. The number of thiophene rings is 1. The number of likely N-dealkylation sites (tertiary alicyclic amines) is 1. The Morgan fingerprint density at radius 1 is 1.12 bits per heavy atom. The molecule has 2 heterocycles. The van der Waals surface area contributed by atoms with Crippen LogP contribution in [0.5, 0.6) is 0 Å². The maximum Gasteiger partial charge on any atom is 0.322 e. The number of amides is 2. The van der Waals surface area contributed by atoms with E-state index in [-0.39, 0.29) is 12.1 Å². The zero-order valence-electron chi connectivity index (χ0n) is 14.8. The fourth-order valence-corrected chi connectivity index (χ4v) is 4.36. The molecule has 0 saturated carbocycles. The van der Waals surface area contributed by atoms with Gasteiger partial charge in [0.25, 0.3) is 0 Å². The Bertz CT molecular complexity index is 722. The highest BCUT2D eigenvalue weighted by molar-refractivity contribution is 7.12. The van der Waals surface area contributed by atoms with Gasteiger partial charge in [-0.2, -0.15) is 0 Å². The highest BCUT2D eigenvalue weighted by Crippen LogP contribution is 2.34. The maximum atomic E-state index is 13.0. The number of carbonyl (C=O) groups is 1. The number of nitrogens with zero attached hydrogens (tertiary/aromatic N) is 1. The minimum Gasteiger partial charge on any atom is -0.317 e.